The molecule has 1 aliphatic heterocycles. The predicted octanol–water partition coefficient (Wildman–Crippen LogP) is 4.40. The minimum atomic E-state index is -0.977. The van der Waals surface area contributed by atoms with Gasteiger partial charge in [-0.25, -0.2) is 4.79 Å². The van der Waals surface area contributed by atoms with Gasteiger partial charge in [0.25, 0.3) is 5.91 Å². The molecule has 3 rings (SSSR count). The first-order valence-corrected chi connectivity index (χ1v) is 10.6. The van der Waals surface area contributed by atoms with E-state index in [1.54, 1.807) is 30.2 Å². The van der Waals surface area contributed by atoms with Gasteiger partial charge in [-0.05, 0) is 43.9 Å². The van der Waals surface area contributed by atoms with Gasteiger partial charge in [-0.2, -0.15) is 0 Å². The monoisotopic (exact) mass is 423 g/mol. The zero-order valence-corrected chi connectivity index (χ0v) is 18.1. The van der Waals surface area contributed by atoms with E-state index < -0.39 is 12.1 Å². The highest BCUT2D eigenvalue weighted by Gasteiger charge is 2.30. The number of allylic oxidation sites excluding steroid dienone is 1. The van der Waals surface area contributed by atoms with Crippen molar-refractivity contribution >= 4 is 18.0 Å². The van der Waals surface area contributed by atoms with E-state index in [1.807, 2.05) is 49.4 Å². The molecule has 6 nitrogen and oxygen atoms in total. The summed E-state index contributed by atoms with van der Waals surface area (Å²) in [6.07, 6.45) is 5.93. The molecule has 31 heavy (non-hydrogen) atoms. The van der Waals surface area contributed by atoms with Crippen LogP contribution in [0.5, 0.6) is 11.5 Å². The Bertz CT molecular complexity index is 903. The molecule has 0 aliphatic carbocycles. The van der Waals surface area contributed by atoms with Crippen LogP contribution >= 0.6 is 0 Å². The molecule has 1 saturated heterocycles. The van der Waals surface area contributed by atoms with Crippen LogP contribution in [0.4, 0.5) is 0 Å². The summed E-state index contributed by atoms with van der Waals surface area (Å²) in [7, 11) is 1.54. The SMILES string of the molecule is C/C=C/c1ccc(OCC(=O)O[C@H](C(=O)N2CCCCC2)c2ccccc2)c(OC)c1. The molecule has 2 aromatic carbocycles. The Morgan fingerprint density at radius 1 is 1.03 bits per heavy atom. The van der Waals surface area contributed by atoms with Crippen LogP contribution in [0.1, 0.15) is 43.4 Å². The molecular formula is C25H29NO5. The molecule has 0 radical (unpaired) electrons. The third kappa shape index (κ3) is 6.10. The highest BCUT2D eigenvalue weighted by atomic mass is 16.6. The average Bonchev–Trinajstić information content (AvgIpc) is 2.82. The second-order valence-corrected chi connectivity index (χ2v) is 7.37. The number of rotatable bonds is 8. The van der Waals surface area contributed by atoms with Crippen LogP contribution in [0.3, 0.4) is 0 Å². The van der Waals surface area contributed by atoms with Crippen LogP contribution in [-0.4, -0.2) is 43.6 Å². The summed E-state index contributed by atoms with van der Waals surface area (Å²) < 4.78 is 16.6. The molecule has 0 aromatic heterocycles. The highest BCUT2D eigenvalue weighted by Crippen LogP contribution is 2.29. The number of amides is 1. The van der Waals surface area contributed by atoms with E-state index >= 15 is 0 Å². The molecule has 1 fully saturated rings. The Kier molecular flexibility index (Phi) is 8.10. The predicted molar refractivity (Wildman–Crippen MR) is 119 cm³/mol. The fourth-order valence-corrected chi connectivity index (χ4v) is 3.57. The largest absolute Gasteiger partial charge is 0.493 e. The second-order valence-electron chi connectivity index (χ2n) is 7.37. The molecule has 0 N–H and O–H groups in total. The first kappa shape index (κ1) is 22.4. The molecule has 1 amide bonds. The summed E-state index contributed by atoms with van der Waals surface area (Å²) in [5, 5.41) is 0. The van der Waals surface area contributed by atoms with Crippen LogP contribution in [0, 0.1) is 0 Å². The number of nitrogens with zero attached hydrogens (tertiary/aromatic N) is 1. The van der Waals surface area contributed by atoms with E-state index in [0.717, 1.165) is 24.8 Å². The Labute approximate surface area is 183 Å². The summed E-state index contributed by atoms with van der Waals surface area (Å²) in [6, 6.07) is 14.5. The molecule has 0 unspecified atom stereocenters. The number of carbonyl (C=O) groups is 2. The number of hydrogen-bond donors (Lipinski definition) is 0. The van der Waals surface area contributed by atoms with Crippen LogP contribution in [0.15, 0.2) is 54.6 Å². The molecule has 164 valence electrons. The zero-order valence-electron chi connectivity index (χ0n) is 18.1. The molecule has 1 atom stereocenters. The van der Waals surface area contributed by atoms with E-state index in [0.29, 0.717) is 30.2 Å². The van der Waals surface area contributed by atoms with Crippen molar-refractivity contribution < 1.29 is 23.8 Å². The Morgan fingerprint density at radius 2 is 1.77 bits per heavy atom. The summed E-state index contributed by atoms with van der Waals surface area (Å²) >= 11 is 0. The van der Waals surface area contributed by atoms with Gasteiger partial charge in [-0.3, -0.25) is 4.79 Å². The average molecular weight is 424 g/mol. The zero-order chi connectivity index (χ0) is 22.1. The van der Waals surface area contributed by atoms with Crippen molar-refractivity contribution in [3.8, 4) is 11.5 Å². The number of piperidine rings is 1. The minimum Gasteiger partial charge on any atom is -0.493 e. The number of ether oxygens (including phenoxy) is 3. The van der Waals surface area contributed by atoms with Crippen LogP contribution in [0.2, 0.25) is 0 Å². The lowest BCUT2D eigenvalue weighted by Gasteiger charge is -2.30. The van der Waals surface area contributed by atoms with Crippen molar-refractivity contribution in [1.29, 1.82) is 0 Å². The fraction of sp³-hybridized carbons (Fsp3) is 0.360. The molecule has 1 heterocycles. The van der Waals surface area contributed by atoms with Crippen molar-refractivity contribution in [2.45, 2.75) is 32.3 Å². The molecule has 0 bridgehead atoms. The number of benzene rings is 2. The van der Waals surface area contributed by atoms with E-state index in [2.05, 4.69) is 0 Å². The molecule has 6 heteroatoms. The number of likely N-dealkylation sites (tertiary alicyclic amines) is 1. The van der Waals surface area contributed by atoms with Gasteiger partial charge in [0, 0.05) is 18.7 Å². The summed E-state index contributed by atoms with van der Waals surface area (Å²) in [5.41, 5.74) is 1.62. The molecular weight excluding hydrogens is 394 g/mol. The topological polar surface area (TPSA) is 65.1 Å². The maximum Gasteiger partial charge on any atom is 0.345 e. The van der Waals surface area contributed by atoms with Crippen LogP contribution in [-0.2, 0) is 14.3 Å². The molecule has 0 saturated carbocycles. The molecule has 0 spiro atoms. The van der Waals surface area contributed by atoms with Crippen molar-refractivity contribution in [2.75, 3.05) is 26.8 Å². The molecule has 2 aromatic rings. The van der Waals surface area contributed by atoms with Crippen molar-refractivity contribution in [1.82, 2.24) is 4.90 Å². The molecule has 1 aliphatic rings. The Hall–Kier alpha value is -3.28. The van der Waals surface area contributed by atoms with Gasteiger partial charge in [0.1, 0.15) is 0 Å². The van der Waals surface area contributed by atoms with Gasteiger partial charge in [0.2, 0.25) is 6.10 Å². The standard InChI is InChI=1S/C25H29NO5/c1-3-10-19-13-14-21(22(17-19)29-2)30-18-23(27)31-24(20-11-6-4-7-12-20)25(28)26-15-8-5-9-16-26/h3-4,6-7,10-14,17,24H,5,8-9,15-16,18H2,1-2H3/b10-3+/t24-/m0/s1. The maximum atomic E-state index is 13.1. The Balaban J connectivity index is 1.68. The van der Waals surface area contributed by atoms with E-state index in [-0.39, 0.29) is 12.5 Å². The Morgan fingerprint density at radius 3 is 2.45 bits per heavy atom. The van der Waals surface area contributed by atoms with Crippen molar-refractivity contribution in [2.24, 2.45) is 0 Å². The third-order valence-electron chi connectivity index (χ3n) is 5.14. The third-order valence-corrected chi connectivity index (χ3v) is 5.14. The van der Waals surface area contributed by atoms with E-state index in [1.165, 1.54) is 0 Å². The van der Waals surface area contributed by atoms with Gasteiger partial charge < -0.3 is 19.1 Å². The number of esters is 1. The number of hydrogen-bond acceptors (Lipinski definition) is 5. The quantitative estimate of drug-likeness (QED) is 0.589. The smallest absolute Gasteiger partial charge is 0.345 e. The van der Waals surface area contributed by atoms with E-state index in [9.17, 15) is 9.59 Å². The lowest BCUT2D eigenvalue weighted by molar-refractivity contribution is -0.163. The van der Waals surface area contributed by atoms with Gasteiger partial charge >= 0.3 is 5.97 Å². The normalized spacial score (nSPS) is 14.8. The summed E-state index contributed by atoms with van der Waals surface area (Å²) in [4.78, 5) is 27.5. The number of methoxy groups -OCH3 is 1. The summed E-state index contributed by atoms with van der Waals surface area (Å²) in [6.45, 7) is 2.98. The summed E-state index contributed by atoms with van der Waals surface area (Å²) in [5.74, 6) is 0.157. The maximum absolute atomic E-state index is 13.1. The van der Waals surface area contributed by atoms with Gasteiger partial charge in [0.15, 0.2) is 18.1 Å². The fourth-order valence-electron chi connectivity index (χ4n) is 3.57. The van der Waals surface area contributed by atoms with Gasteiger partial charge in [0.05, 0.1) is 7.11 Å². The van der Waals surface area contributed by atoms with Crippen LogP contribution < -0.4 is 9.47 Å². The minimum absolute atomic E-state index is 0.187. The first-order valence-electron chi connectivity index (χ1n) is 10.6. The van der Waals surface area contributed by atoms with Crippen molar-refractivity contribution in [3.05, 3.63) is 65.7 Å². The van der Waals surface area contributed by atoms with E-state index in [4.69, 9.17) is 14.2 Å². The lowest BCUT2D eigenvalue weighted by atomic mass is 10.1. The van der Waals surface area contributed by atoms with Gasteiger partial charge in [-0.1, -0.05) is 48.6 Å². The van der Waals surface area contributed by atoms with Crippen molar-refractivity contribution in [3.63, 3.8) is 0 Å². The first-order chi connectivity index (χ1) is 15.1. The number of carbonyl (C=O) groups excluding carboxylic acids is 2. The van der Waals surface area contributed by atoms with Crippen LogP contribution in [0.25, 0.3) is 6.08 Å². The van der Waals surface area contributed by atoms with Gasteiger partial charge in [-0.15, -0.1) is 0 Å². The highest BCUT2D eigenvalue weighted by molar-refractivity contribution is 5.85. The lowest BCUT2D eigenvalue weighted by Crippen LogP contribution is -2.40. The second kappa shape index (κ2) is 11.2.